The number of methoxy groups -OCH3 is 3. The molecule has 3 aromatic carbocycles. The summed E-state index contributed by atoms with van der Waals surface area (Å²) in [7, 11) is 4.33. The molecule has 5 atom stereocenters. The third-order valence-electron chi connectivity index (χ3n) is 7.64. The number of aliphatic hydroxyl groups excluding tert-OH is 4. The molecule has 2 unspecified atom stereocenters. The molecule has 0 aromatic heterocycles. The van der Waals surface area contributed by atoms with Gasteiger partial charge in [0, 0.05) is 19.1 Å². The first-order valence-corrected chi connectivity index (χ1v) is 12.9. The van der Waals surface area contributed by atoms with Crippen LogP contribution in [-0.2, 0) is 6.42 Å². The van der Waals surface area contributed by atoms with E-state index in [2.05, 4.69) is 0 Å². The van der Waals surface area contributed by atoms with Crippen molar-refractivity contribution in [2.45, 2.75) is 24.5 Å². The predicted octanol–water partition coefficient (Wildman–Crippen LogP) is 2.50. The number of hydrogen-bond acceptors (Lipinski definition) is 10. The number of phenols is 2. The van der Waals surface area contributed by atoms with Crippen LogP contribution in [0.15, 0.2) is 48.5 Å². The Kier molecular flexibility index (Phi) is 9.26. The summed E-state index contributed by atoms with van der Waals surface area (Å²) in [6, 6.07) is 12.9. The van der Waals surface area contributed by atoms with E-state index in [0.717, 1.165) is 16.7 Å². The molecule has 1 aliphatic carbocycles. The Bertz CT molecular complexity index is 1310. The van der Waals surface area contributed by atoms with Crippen molar-refractivity contribution in [3.63, 3.8) is 0 Å². The van der Waals surface area contributed by atoms with Gasteiger partial charge < -0.3 is 49.6 Å². The zero-order chi connectivity index (χ0) is 29.0. The third kappa shape index (κ3) is 5.62. The van der Waals surface area contributed by atoms with Crippen LogP contribution in [0.1, 0.15) is 34.3 Å². The molecule has 10 nitrogen and oxygen atoms in total. The Labute approximate surface area is 232 Å². The van der Waals surface area contributed by atoms with Crippen molar-refractivity contribution in [3.8, 4) is 34.5 Å². The lowest BCUT2D eigenvalue weighted by Crippen LogP contribution is -2.35. The number of aromatic hydroxyl groups is 2. The van der Waals surface area contributed by atoms with Gasteiger partial charge in [0.05, 0.1) is 27.9 Å². The maximum atomic E-state index is 10.9. The van der Waals surface area contributed by atoms with Crippen molar-refractivity contribution in [1.29, 1.82) is 0 Å². The molecule has 0 radical (unpaired) electrons. The molecule has 0 aliphatic heterocycles. The highest BCUT2D eigenvalue weighted by Crippen LogP contribution is 2.48. The molecule has 40 heavy (non-hydrogen) atoms. The molecule has 6 N–H and O–H groups in total. The summed E-state index contributed by atoms with van der Waals surface area (Å²) >= 11 is 0. The third-order valence-corrected chi connectivity index (χ3v) is 7.64. The topological polar surface area (TPSA) is 158 Å². The molecule has 10 heteroatoms. The second-order valence-electron chi connectivity index (χ2n) is 9.82. The smallest absolute Gasteiger partial charge is 0.161 e. The average Bonchev–Trinajstić information content (AvgIpc) is 2.98. The van der Waals surface area contributed by atoms with Crippen LogP contribution in [0.3, 0.4) is 0 Å². The lowest BCUT2D eigenvalue weighted by molar-refractivity contribution is -0.000539. The van der Waals surface area contributed by atoms with E-state index in [4.69, 9.17) is 18.9 Å². The van der Waals surface area contributed by atoms with E-state index in [0.29, 0.717) is 23.5 Å². The van der Waals surface area contributed by atoms with Gasteiger partial charge in [0.2, 0.25) is 0 Å². The van der Waals surface area contributed by atoms with Gasteiger partial charge in [0.25, 0.3) is 0 Å². The maximum absolute atomic E-state index is 10.9. The standard InChI is InChI=1S/C30H36O10/c1-37-25-10-17(4-6-22(25)34)30(36)28(15-33)40-24-7-5-16(9-27(24)39-3)29-20-12-23(35)26(38-2)11-18(20)8-19(13-31)21(29)14-32/h4-7,9-12,19,21,28-36H,8,13-15H2,1-3H3/t19-,21-,28?,29-,30?/m0/s1. The van der Waals surface area contributed by atoms with Gasteiger partial charge in [-0.1, -0.05) is 12.1 Å². The van der Waals surface area contributed by atoms with Gasteiger partial charge in [-0.2, -0.15) is 0 Å². The van der Waals surface area contributed by atoms with Crippen molar-refractivity contribution in [2.24, 2.45) is 11.8 Å². The lowest BCUT2D eigenvalue weighted by Gasteiger charge is -2.39. The van der Waals surface area contributed by atoms with Gasteiger partial charge >= 0.3 is 0 Å². The van der Waals surface area contributed by atoms with Gasteiger partial charge in [0.15, 0.2) is 40.6 Å². The first kappa shape index (κ1) is 29.3. The second kappa shape index (κ2) is 12.6. The molecule has 0 fully saturated rings. The Morgan fingerprint density at radius 1 is 0.775 bits per heavy atom. The highest BCUT2D eigenvalue weighted by atomic mass is 16.5. The van der Waals surface area contributed by atoms with Crippen molar-refractivity contribution in [1.82, 2.24) is 0 Å². The van der Waals surface area contributed by atoms with E-state index in [9.17, 15) is 30.6 Å². The number of aliphatic hydroxyl groups is 4. The molecule has 0 heterocycles. The number of ether oxygens (including phenoxy) is 4. The molecular weight excluding hydrogens is 520 g/mol. The van der Waals surface area contributed by atoms with Crippen LogP contribution in [0.4, 0.5) is 0 Å². The molecule has 0 saturated carbocycles. The van der Waals surface area contributed by atoms with E-state index in [1.165, 1.54) is 39.5 Å². The minimum Gasteiger partial charge on any atom is -0.504 e. The summed E-state index contributed by atoms with van der Waals surface area (Å²) in [5, 5.41) is 61.8. The zero-order valence-electron chi connectivity index (χ0n) is 22.7. The summed E-state index contributed by atoms with van der Waals surface area (Å²) < 4.78 is 22.0. The van der Waals surface area contributed by atoms with Crippen LogP contribution in [0.2, 0.25) is 0 Å². The summed E-state index contributed by atoms with van der Waals surface area (Å²) in [5.74, 6) is 0.0452. The Morgan fingerprint density at radius 2 is 1.48 bits per heavy atom. The fraction of sp³-hybridized carbons (Fsp3) is 0.400. The van der Waals surface area contributed by atoms with Crippen LogP contribution >= 0.6 is 0 Å². The number of hydrogen-bond donors (Lipinski definition) is 6. The molecule has 1 aliphatic rings. The fourth-order valence-electron chi connectivity index (χ4n) is 5.51. The van der Waals surface area contributed by atoms with Crippen LogP contribution in [0.5, 0.6) is 34.5 Å². The minimum atomic E-state index is -1.25. The Balaban J connectivity index is 1.69. The van der Waals surface area contributed by atoms with Crippen LogP contribution in [-0.4, -0.2) is 77.9 Å². The van der Waals surface area contributed by atoms with E-state index in [1.54, 1.807) is 30.3 Å². The molecule has 0 saturated heterocycles. The molecule has 4 rings (SSSR count). The SMILES string of the molecule is COc1cc(C(O)C(CO)Oc2ccc([C@H]3c4cc(O)c(OC)cc4C[C@@H](CO)[C@@H]3CO)cc2OC)ccc1O. The van der Waals surface area contributed by atoms with Crippen molar-refractivity contribution < 1.29 is 49.6 Å². The molecule has 0 spiro atoms. The van der Waals surface area contributed by atoms with Gasteiger partial charge in [-0.3, -0.25) is 0 Å². The molecule has 0 bridgehead atoms. The van der Waals surface area contributed by atoms with Gasteiger partial charge in [-0.05, 0) is 76.9 Å². The maximum Gasteiger partial charge on any atom is 0.161 e. The minimum absolute atomic E-state index is 0.0251. The normalized spacial score (nSPS) is 19.8. The van der Waals surface area contributed by atoms with E-state index in [-0.39, 0.29) is 54.0 Å². The largest absolute Gasteiger partial charge is 0.504 e. The monoisotopic (exact) mass is 556 g/mol. The van der Waals surface area contributed by atoms with Gasteiger partial charge in [0.1, 0.15) is 6.10 Å². The average molecular weight is 557 g/mol. The number of benzene rings is 3. The molecule has 3 aromatic rings. The Hall–Kier alpha value is -3.70. The quantitative estimate of drug-likeness (QED) is 0.207. The number of phenolic OH excluding ortho intramolecular Hbond substituents is 2. The van der Waals surface area contributed by atoms with Crippen LogP contribution in [0, 0.1) is 11.8 Å². The van der Waals surface area contributed by atoms with Gasteiger partial charge in [-0.25, -0.2) is 0 Å². The van der Waals surface area contributed by atoms with E-state index >= 15 is 0 Å². The number of fused-ring (bicyclic) bond motifs is 1. The van der Waals surface area contributed by atoms with E-state index < -0.39 is 18.8 Å². The van der Waals surface area contributed by atoms with E-state index in [1.807, 2.05) is 0 Å². The fourth-order valence-corrected chi connectivity index (χ4v) is 5.51. The number of rotatable bonds is 11. The van der Waals surface area contributed by atoms with Crippen molar-refractivity contribution in [3.05, 3.63) is 70.8 Å². The summed E-state index contributed by atoms with van der Waals surface area (Å²) in [6.07, 6.45) is -1.81. The first-order chi connectivity index (χ1) is 19.3. The summed E-state index contributed by atoms with van der Waals surface area (Å²) in [4.78, 5) is 0. The van der Waals surface area contributed by atoms with Crippen molar-refractivity contribution >= 4 is 0 Å². The lowest BCUT2D eigenvalue weighted by atomic mass is 9.67. The Morgan fingerprint density at radius 3 is 2.10 bits per heavy atom. The summed E-state index contributed by atoms with van der Waals surface area (Å²) in [5.41, 5.74) is 2.84. The first-order valence-electron chi connectivity index (χ1n) is 12.9. The highest BCUT2D eigenvalue weighted by molar-refractivity contribution is 5.54. The molecule has 216 valence electrons. The highest BCUT2D eigenvalue weighted by Gasteiger charge is 2.38. The predicted molar refractivity (Wildman–Crippen MR) is 145 cm³/mol. The van der Waals surface area contributed by atoms with Crippen molar-refractivity contribution in [2.75, 3.05) is 41.2 Å². The summed E-state index contributed by atoms with van der Waals surface area (Å²) in [6.45, 7) is -0.824. The molecule has 0 amide bonds. The zero-order valence-corrected chi connectivity index (χ0v) is 22.7. The second-order valence-corrected chi connectivity index (χ2v) is 9.82. The van der Waals surface area contributed by atoms with Crippen LogP contribution < -0.4 is 18.9 Å². The van der Waals surface area contributed by atoms with Crippen LogP contribution in [0.25, 0.3) is 0 Å². The van der Waals surface area contributed by atoms with Gasteiger partial charge in [-0.15, -0.1) is 0 Å². The molecular formula is C30H36O10.